The van der Waals surface area contributed by atoms with Crippen LogP contribution in [0.15, 0.2) is 47.0 Å². The van der Waals surface area contributed by atoms with E-state index in [-0.39, 0.29) is 24.0 Å². The lowest BCUT2D eigenvalue weighted by molar-refractivity contribution is 0.128. The number of hydrogen-bond donors (Lipinski definition) is 2. The quantitative estimate of drug-likeness (QED) is 0.251. The smallest absolute Gasteiger partial charge is 0.191 e. The fraction of sp³-hybridized carbons (Fsp3) is 0.500. The summed E-state index contributed by atoms with van der Waals surface area (Å²) in [4.78, 5) is 13.7. The van der Waals surface area contributed by atoms with Crippen LogP contribution in [0.2, 0.25) is 0 Å². The number of guanidine groups is 1. The van der Waals surface area contributed by atoms with E-state index in [0.717, 1.165) is 43.4 Å². The zero-order valence-corrected chi connectivity index (χ0v) is 22.4. The number of aliphatic imine (C=N–C) groups is 1. The molecule has 3 aromatic heterocycles. The van der Waals surface area contributed by atoms with Gasteiger partial charge >= 0.3 is 0 Å². The minimum absolute atomic E-state index is 0. The number of nitrogens with one attached hydrogen (secondary N) is 2. The lowest BCUT2D eigenvalue weighted by atomic mass is 9.88. The zero-order valence-electron chi connectivity index (χ0n) is 19.3. The lowest BCUT2D eigenvalue weighted by Gasteiger charge is -2.38. The van der Waals surface area contributed by atoms with Crippen molar-refractivity contribution in [2.24, 2.45) is 10.9 Å². The molecule has 2 N–H and O–H groups in total. The Kier molecular flexibility index (Phi) is 9.36. The van der Waals surface area contributed by atoms with Crippen molar-refractivity contribution >= 4 is 46.9 Å². The van der Waals surface area contributed by atoms with Gasteiger partial charge in [-0.25, -0.2) is 4.98 Å². The molecule has 4 rings (SSSR count). The molecular formula is C24H35IN6S. The van der Waals surface area contributed by atoms with E-state index >= 15 is 0 Å². The van der Waals surface area contributed by atoms with Crippen molar-refractivity contribution in [1.29, 1.82) is 0 Å². The predicted octanol–water partition coefficient (Wildman–Crippen LogP) is 4.50. The van der Waals surface area contributed by atoms with Crippen molar-refractivity contribution in [2.45, 2.75) is 39.2 Å². The molecule has 0 amide bonds. The fourth-order valence-electron chi connectivity index (χ4n) is 4.54. The Morgan fingerprint density at radius 3 is 2.91 bits per heavy atom. The van der Waals surface area contributed by atoms with Gasteiger partial charge in [-0.15, -0.1) is 35.3 Å². The van der Waals surface area contributed by atoms with Gasteiger partial charge in [-0.1, -0.05) is 12.1 Å². The average Bonchev–Trinajstić information content (AvgIpc) is 3.42. The maximum atomic E-state index is 4.97. The second kappa shape index (κ2) is 12.0. The Bertz CT molecular complexity index is 999. The normalized spacial score (nSPS) is 19.7. The third-order valence-corrected chi connectivity index (χ3v) is 7.01. The SMILES string of the molecule is CCNC(=NCC1CCCN(C)C1c1cccs1)NCCc1cn2cccc(C)c2n1.I. The minimum atomic E-state index is 0. The van der Waals surface area contributed by atoms with Gasteiger partial charge in [-0.2, -0.15) is 0 Å². The highest BCUT2D eigenvalue weighted by Crippen LogP contribution is 2.37. The first-order valence-electron chi connectivity index (χ1n) is 11.3. The maximum absolute atomic E-state index is 4.97. The Morgan fingerprint density at radius 1 is 1.28 bits per heavy atom. The molecule has 0 saturated carbocycles. The highest BCUT2D eigenvalue weighted by atomic mass is 127. The van der Waals surface area contributed by atoms with Crippen molar-refractivity contribution in [2.75, 3.05) is 33.2 Å². The first-order valence-corrected chi connectivity index (χ1v) is 12.2. The van der Waals surface area contributed by atoms with E-state index < -0.39 is 0 Å². The average molecular weight is 567 g/mol. The van der Waals surface area contributed by atoms with Gasteiger partial charge in [0.2, 0.25) is 0 Å². The van der Waals surface area contributed by atoms with Crippen molar-refractivity contribution < 1.29 is 0 Å². The summed E-state index contributed by atoms with van der Waals surface area (Å²) in [5.74, 6) is 1.45. The summed E-state index contributed by atoms with van der Waals surface area (Å²) in [7, 11) is 2.25. The molecule has 1 aliphatic heterocycles. The molecule has 1 fully saturated rings. The molecule has 0 aliphatic carbocycles. The summed E-state index contributed by atoms with van der Waals surface area (Å²) in [6, 6.07) is 9.07. The predicted molar refractivity (Wildman–Crippen MR) is 145 cm³/mol. The van der Waals surface area contributed by atoms with Gasteiger partial charge in [0.25, 0.3) is 0 Å². The van der Waals surface area contributed by atoms with Crippen LogP contribution in [0.3, 0.4) is 0 Å². The summed E-state index contributed by atoms with van der Waals surface area (Å²) >= 11 is 1.87. The summed E-state index contributed by atoms with van der Waals surface area (Å²) in [5, 5.41) is 9.10. The van der Waals surface area contributed by atoms with E-state index in [1.54, 1.807) is 0 Å². The summed E-state index contributed by atoms with van der Waals surface area (Å²) in [6.45, 7) is 7.90. The van der Waals surface area contributed by atoms with E-state index in [1.807, 2.05) is 11.3 Å². The third kappa shape index (κ3) is 6.02. The summed E-state index contributed by atoms with van der Waals surface area (Å²) < 4.78 is 2.11. The number of pyridine rings is 1. The molecule has 6 nitrogen and oxygen atoms in total. The van der Waals surface area contributed by atoms with E-state index in [4.69, 9.17) is 9.98 Å². The molecule has 0 radical (unpaired) electrons. The van der Waals surface area contributed by atoms with Crippen molar-refractivity contribution in [3.05, 3.63) is 58.2 Å². The molecule has 0 aromatic carbocycles. The van der Waals surface area contributed by atoms with Crippen LogP contribution in [0.5, 0.6) is 0 Å². The number of imidazole rings is 1. The van der Waals surface area contributed by atoms with Crippen LogP contribution in [0.4, 0.5) is 0 Å². The molecule has 0 bridgehead atoms. The second-order valence-corrected chi connectivity index (χ2v) is 9.37. The Hall–Kier alpha value is -1.65. The van der Waals surface area contributed by atoms with Crippen LogP contribution in [-0.4, -0.2) is 53.5 Å². The molecular weight excluding hydrogens is 531 g/mol. The number of halogens is 1. The number of fused-ring (bicyclic) bond motifs is 1. The van der Waals surface area contributed by atoms with Crippen LogP contribution in [0.25, 0.3) is 5.65 Å². The van der Waals surface area contributed by atoms with Gasteiger partial charge in [-0.05, 0) is 69.3 Å². The topological polar surface area (TPSA) is 57.0 Å². The van der Waals surface area contributed by atoms with Crippen LogP contribution < -0.4 is 10.6 Å². The van der Waals surface area contributed by atoms with Gasteiger partial charge < -0.3 is 15.0 Å². The number of thiophene rings is 1. The minimum Gasteiger partial charge on any atom is -0.357 e. The van der Waals surface area contributed by atoms with Crippen molar-refractivity contribution in [1.82, 2.24) is 24.9 Å². The molecule has 8 heteroatoms. The summed E-state index contributed by atoms with van der Waals surface area (Å²) in [6.07, 6.45) is 7.53. The fourth-order valence-corrected chi connectivity index (χ4v) is 5.53. The van der Waals surface area contributed by atoms with E-state index in [0.29, 0.717) is 12.0 Å². The lowest BCUT2D eigenvalue weighted by Crippen LogP contribution is -2.40. The van der Waals surface area contributed by atoms with Crippen LogP contribution in [0, 0.1) is 12.8 Å². The number of aryl methyl sites for hydroxylation is 1. The maximum Gasteiger partial charge on any atom is 0.191 e. The van der Waals surface area contributed by atoms with Crippen molar-refractivity contribution in [3.8, 4) is 0 Å². The molecule has 3 aromatic rings. The van der Waals surface area contributed by atoms with E-state index in [9.17, 15) is 0 Å². The first-order chi connectivity index (χ1) is 15.2. The number of likely N-dealkylation sites (tertiary alicyclic amines) is 1. The Morgan fingerprint density at radius 2 is 2.16 bits per heavy atom. The molecule has 174 valence electrons. The first kappa shape index (κ1) is 25.0. The van der Waals surface area contributed by atoms with Crippen LogP contribution >= 0.6 is 35.3 Å². The molecule has 0 spiro atoms. The van der Waals surface area contributed by atoms with Gasteiger partial charge in [0.15, 0.2) is 5.96 Å². The molecule has 2 atom stereocenters. The molecule has 32 heavy (non-hydrogen) atoms. The summed E-state index contributed by atoms with van der Waals surface area (Å²) in [5.41, 5.74) is 3.35. The number of rotatable bonds is 7. The molecule has 4 heterocycles. The van der Waals surface area contributed by atoms with Crippen molar-refractivity contribution in [3.63, 3.8) is 0 Å². The molecule has 1 saturated heterocycles. The molecule has 2 unspecified atom stereocenters. The van der Waals surface area contributed by atoms with Gasteiger partial charge in [0, 0.05) is 49.4 Å². The van der Waals surface area contributed by atoms with Crippen LogP contribution in [0.1, 0.15) is 41.9 Å². The highest BCUT2D eigenvalue weighted by molar-refractivity contribution is 14.0. The standard InChI is InChI=1S/C24H34N6S.HI/c1-4-25-24(26-12-11-20-17-30-14-5-8-18(2)23(30)28-20)27-16-19-9-6-13-29(3)22(19)21-10-7-15-31-21;/h5,7-8,10,14-15,17,19,22H,4,6,9,11-13,16H2,1-3H3,(H2,25,26,27);1H. The highest BCUT2D eigenvalue weighted by Gasteiger charge is 2.31. The van der Waals surface area contributed by atoms with Gasteiger partial charge in [-0.3, -0.25) is 9.89 Å². The molecule has 1 aliphatic rings. The van der Waals surface area contributed by atoms with Gasteiger partial charge in [0.1, 0.15) is 5.65 Å². The zero-order chi connectivity index (χ0) is 21.6. The second-order valence-electron chi connectivity index (χ2n) is 8.39. The largest absolute Gasteiger partial charge is 0.357 e. The van der Waals surface area contributed by atoms with Crippen LogP contribution in [-0.2, 0) is 6.42 Å². The number of piperidine rings is 1. The number of hydrogen-bond acceptors (Lipinski definition) is 4. The number of nitrogens with zero attached hydrogens (tertiary/aromatic N) is 4. The monoisotopic (exact) mass is 566 g/mol. The Balaban J connectivity index is 0.00000289. The van der Waals surface area contributed by atoms with E-state index in [1.165, 1.54) is 29.8 Å². The van der Waals surface area contributed by atoms with Gasteiger partial charge in [0.05, 0.1) is 5.69 Å². The third-order valence-electron chi connectivity index (χ3n) is 6.07. The number of aromatic nitrogens is 2. The van der Waals surface area contributed by atoms with E-state index in [2.05, 4.69) is 82.9 Å². The Labute approximate surface area is 212 Å².